The van der Waals surface area contributed by atoms with Crippen molar-refractivity contribution in [3.63, 3.8) is 0 Å². The molecule has 0 spiro atoms. The number of ether oxygens (including phenoxy) is 1. The van der Waals surface area contributed by atoms with Crippen molar-refractivity contribution < 1.29 is 4.74 Å². The van der Waals surface area contributed by atoms with E-state index in [1.807, 2.05) is 0 Å². The highest BCUT2D eigenvalue weighted by molar-refractivity contribution is 5.20. The first-order valence-electron chi connectivity index (χ1n) is 8.08. The first-order chi connectivity index (χ1) is 8.95. The Bertz CT molecular complexity index is 344. The summed E-state index contributed by atoms with van der Waals surface area (Å²) in [5.74, 6) is 1.41. The van der Waals surface area contributed by atoms with Gasteiger partial charge >= 0.3 is 0 Å². The number of fused-ring (bicyclic) bond motifs is 1. The lowest BCUT2D eigenvalue weighted by molar-refractivity contribution is -0.232. The molecule has 0 bridgehead atoms. The fraction of sp³-hybridized carbons (Fsp3) is 1.00. The van der Waals surface area contributed by atoms with E-state index < -0.39 is 0 Å². The maximum atomic E-state index is 6.89. The van der Waals surface area contributed by atoms with Crippen LogP contribution in [0.25, 0.3) is 0 Å². The van der Waals surface area contributed by atoms with Crippen molar-refractivity contribution in [1.82, 2.24) is 4.90 Å². The number of piperidine rings is 1. The Morgan fingerprint density at radius 2 is 2.05 bits per heavy atom. The molecule has 0 radical (unpaired) electrons. The number of likely N-dealkylation sites (tertiary alicyclic amines) is 1. The number of hydrogen-bond acceptors (Lipinski definition) is 3. The summed E-state index contributed by atoms with van der Waals surface area (Å²) in [6.07, 6.45) is 5.56. The van der Waals surface area contributed by atoms with Crippen LogP contribution < -0.4 is 5.73 Å². The van der Waals surface area contributed by atoms with Gasteiger partial charge in [-0.15, -0.1) is 0 Å². The Balaban J connectivity index is 1.71. The molecule has 3 nitrogen and oxygen atoms in total. The predicted octanol–water partition coefficient (Wildman–Crippen LogP) is 2.25. The van der Waals surface area contributed by atoms with Gasteiger partial charge in [0, 0.05) is 36.6 Å². The van der Waals surface area contributed by atoms with Gasteiger partial charge in [0.25, 0.3) is 0 Å². The van der Waals surface area contributed by atoms with Gasteiger partial charge in [-0.05, 0) is 38.1 Å². The van der Waals surface area contributed by atoms with Crippen molar-refractivity contribution in [2.75, 3.05) is 26.2 Å². The summed E-state index contributed by atoms with van der Waals surface area (Å²) in [7, 11) is 0. The second-order valence-electron chi connectivity index (χ2n) is 7.78. The molecule has 4 atom stereocenters. The number of nitrogens with zero attached hydrogens (tertiary/aromatic N) is 1. The fourth-order valence-electron chi connectivity index (χ4n) is 4.79. The van der Waals surface area contributed by atoms with Crippen LogP contribution in [0.4, 0.5) is 0 Å². The predicted molar refractivity (Wildman–Crippen MR) is 78.0 cm³/mol. The van der Waals surface area contributed by atoms with E-state index in [-0.39, 0.29) is 11.0 Å². The Morgan fingerprint density at radius 3 is 2.79 bits per heavy atom. The Kier molecular flexibility index (Phi) is 3.43. The van der Waals surface area contributed by atoms with Gasteiger partial charge in [0.1, 0.15) is 0 Å². The molecule has 2 aliphatic heterocycles. The third-order valence-electron chi connectivity index (χ3n) is 6.12. The van der Waals surface area contributed by atoms with Gasteiger partial charge in [0.15, 0.2) is 0 Å². The summed E-state index contributed by atoms with van der Waals surface area (Å²) in [5.41, 5.74) is 6.97. The van der Waals surface area contributed by atoms with Crippen LogP contribution >= 0.6 is 0 Å². The van der Waals surface area contributed by atoms with E-state index in [1.165, 1.54) is 38.8 Å². The minimum absolute atomic E-state index is 0.0465. The highest BCUT2D eigenvalue weighted by atomic mass is 16.5. The molecule has 3 aliphatic rings. The van der Waals surface area contributed by atoms with E-state index in [4.69, 9.17) is 10.5 Å². The fourth-order valence-corrected chi connectivity index (χ4v) is 4.79. The SMILES string of the molecule is CC1CCCN(CC2(N)C3CCCOC3C2(C)C)C1. The van der Waals surface area contributed by atoms with Crippen LogP contribution in [-0.2, 0) is 4.74 Å². The zero-order chi connectivity index (χ0) is 13.7. The van der Waals surface area contributed by atoms with Crippen LogP contribution in [0, 0.1) is 17.3 Å². The van der Waals surface area contributed by atoms with E-state index in [0.717, 1.165) is 19.1 Å². The molecular formula is C16H30N2O. The maximum Gasteiger partial charge on any atom is 0.0690 e. The summed E-state index contributed by atoms with van der Waals surface area (Å²) in [6.45, 7) is 11.5. The van der Waals surface area contributed by atoms with E-state index >= 15 is 0 Å². The van der Waals surface area contributed by atoms with Crippen molar-refractivity contribution in [1.29, 1.82) is 0 Å². The molecule has 0 aromatic heterocycles. The Hall–Kier alpha value is -0.120. The highest BCUT2D eigenvalue weighted by Crippen LogP contribution is 2.57. The molecule has 2 saturated heterocycles. The summed E-state index contributed by atoms with van der Waals surface area (Å²) in [4.78, 5) is 2.61. The smallest absolute Gasteiger partial charge is 0.0690 e. The van der Waals surface area contributed by atoms with Gasteiger partial charge < -0.3 is 15.4 Å². The number of rotatable bonds is 2. The topological polar surface area (TPSA) is 38.5 Å². The molecule has 0 aromatic carbocycles. The van der Waals surface area contributed by atoms with Crippen LogP contribution in [0.1, 0.15) is 46.5 Å². The largest absolute Gasteiger partial charge is 0.377 e. The van der Waals surface area contributed by atoms with Crippen molar-refractivity contribution in [3.05, 3.63) is 0 Å². The molecule has 0 amide bonds. The second kappa shape index (κ2) is 4.71. The van der Waals surface area contributed by atoms with Gasteiger partial charge in [-0.1, -0.05) is 20.8 Å². The molecule has 2 heterocycles. The number of nitrogens with two attached hydrogens (primary N) is 1. The first kappa shape index (κ1) is 13.8. The highest BCUT2D eigenvalue weighted by Gasteiger charge is 2.66. The molecule has 2 N–H and O–H groups in total. The third kappa shape index (κ3) is 2.05. The molecule has 3 fully saturated rings. The van der Waals surface area contributed by atoms with Crippen LogP contribution in [0.15, 0.2) is 0 Å². The molecule has 1 saturated carbocycles. The van der Waals surface area contributed by atoms with Crippen molar-refractivity contribution >= 4 is 0 Å². The minimum Gasteiger partial charge on any atom is -0.377 e. The molecule has 3 rings (SSSR count). The summed E-state index contributed by atoms with van der Waals surface area (Å²) < 4.78 is 6.00. The first-order valence-corrected chi connectivity index (χ1v) is 8.08. The van der Waals surface area contributed by atoms with Gasteiger partial charge in [-0.2, -0.15) is 0 Å². The third-order valence-corrected chi connectivity index (χ3v) is 6.12. The lowest BCUT2D eigenvalue weighted by Crippen LogP contribution is -2.80. The van der Waals surface area contributed by atoms with Crippen LogP contribution in [-0.4, -0.2) is 42.8 Å². The lowest BCUT2D eigenvalue weighted by Gasteiger charge is -2.67. The summed E-state index contributed by atoms with van der Waals surface area (Å²) >= 11 is 0. The normalized spacial score (nSPS) is 46.4. The van der Waals surface area contributed by atoms with Crippen molar-refractivity contribution in [2.45, 2.75) is 58.1 Å². The van der Waals surface area contributed by atoms with Crippen molar-refractivity contribution in [3.8, 4) is 0 Å². The minimum atomic E-state index is -0.0465. The Labute approximate surface area is 117 Å². The molecule has 4 unspecified atom stereocenters. The standard InChI is InChI=1S/C16H30N2O/c1-12-6-4-8-18(10-12)11-16(17)13-7-5-9-19-14(13)15(16,2)3/h12-14H,4-11,17H2,1-3H3. The van der Waals surface area contributed by atoms with E-state index in [9.17, 15) is 0 Å². The second-order valence-corrected chi connectivity index (χ2v) is 7.78. The van der Waals surface area contributed by atoms with Crippen LogP contribution in [0.3, 0.4) is 0 Å². The van der Waals surface area contributed by atoms with Gasteiger partial charge in [-0.3, -0.25) is 0 Å². The van der Waals surface area contributed by atoms with Gasteiger partial charge in [-0.25, -0.2) is 0 Å². The van der Waals surface area contributed by atoms with Crippen molar-refractivity contribution in [2.24, 2.45) is 23.0 Å². The molecule has 3 heteroatoms. The quantitative estimate of drug-likeness (QED) is 0.833. The average molecular weight is 266 g/mol. The number of hydrogen-bond donors (Lipinski definition) is 1. The molecule has 110 valence electrons. The zero-order valence-corrected chi connectivity index (χ0v) is 12.8. The Morgan fingerprint density at radius 1 is 1.26 bits per heavy atom. The van der Waals surface area contributed by atoms with Crippen LogP contribution in [0.2, 0.25) is 0 Å². The van der Waals surface area contributed by atoms with Gasteiger partial charge in [0.2, 0.25) is 0 Å². The van der Waals surface area contributed by atoms with Crippen LogP contribution in [0.5, 0.6) is 0 Å². The molecule has 1 aliphatic carbocycles. The molecule has 0 aromatic rings. The zero-order valence-electron chi connectivity index (χ0n) is 12.8. The lowest BCUT2D eigenvalue weighted by atomic mass is 9.46. The van der Waals surface area contributed by atoms with Gasteiger partial charge in [0.05, 0.1) is 6.10 Å². The maximum absolute atomic E-state index is 6.89. The van der Waals surface area contributed by atoms with E-state index in [2.05, 4.69) is 25.7 Å². The molecular weight excluding hydrogens is 236 g/mol. The monoisotopic (exact) mass is 266 g/mol. The van der Waals surface area contributed by atoms with E-state index in [1.54, 1.807) is 0 Å². The average Bonchev–Trinajstić information content (AvgIpc) is 2.38. The van der Waals surface area contributed by atoms with E-state index in [0.29, 0.717) is 12.0 Å². The summed E-state index contributed by atoms with van der Waals surface area (Å²) in [6, 6.07) is 0. The molecule has 19 heavy (non-hydrogen) atoms. The summed E-state index contributed by atoms with van der Waals surface area (Å²) in [5, 5.41) is 0.